The number of hydrogen-bond acceptors (Lipinski definition) is 6. The molecule has 0 bridgehead atoms. The summed E-state index contributed by atoms with van der Waals surface area (Å²) in [7, 11) is 1.98. The zero-order valence-corrected chi connectivity index (χ0v) is 21.8. The number of anilines is 1. The van der Waals surface area contributed by atoms with Crippen LogP contribution in [0.1, 0.15) is 31.4 Å². The normalized spacial score (nSPS) is 17.7. The summed E-state index contributed by atoms with van der Waals surface area (Å²) in [5, 5.41) is 4.72. The van der Waals surface area contributed by atoms with Gasteiger partial charge in [0.1, 0.15) is 11.3 Å². The van der Waals surface area contributed by atoms with Gasteiger partial charge >= 0.3 is 0 Å². The van der Waals surface area contributed by atoms with Crippen LogP contribution in [0.15, 0.2) is 36.9 Å². The van der Waals surface area contributed by atoms with Crippen molar-refractivity contribution in [2.75, 3.05) is 50.8 Å². The van der Waals surface area contributed by atoms with E-state index in [0.717, 1.165) is 65.9 Å². The molecule has 6 rings (SSSR count). The summed E-state index contributed by atoms with van der Waals surface area (Å²) in [6.45, 7) is 10.1. The van der Waals surface area contributed by atoms with Gasteiger partial charge in [0.2, 0.25) is 0 Å². The average Bonchev–Trinajstić information content (AvgIpc) is 3.53. The molecule has 2 aliphatic rings. The van der Waals surface area contributed by atoms with Crippen molar-refractivity contribution in [2.45, 2.75) is 32.7 Å². The number of ether oxygens (including phenoxy) is 1. The zero-order valence-electron chi connectivity index (χ0n) is 21.8. The standard InChI is InChI=1S/C28H34FN7O/c1-4-34-7-5-22(6-8-34)36-17-21(15-31-36)23-18-33(3)28-26(23)32-25(16-30-28)20-13-19(2)27(24(29)14-20)35-9-11-37-12-10-35/h13-18,22H,4-12H2,1-3H3. The lowest BCUT2D eigenvalue weighted by Gasteiger charge is -2.31. The second-order valence-electron chi connectivity index (χ2n) is 10.2. The number of benzene rings is 1. The quantitative estimate of drug-likeness (QED) is 0.401. The van der Waals surface area contributed by atoms with Crippen LogP contribution in [0.2, 0.25) is 0 Å². The molecule has 1 aromatic carbocycles. The first-order valence-corrected chi connectivity index (χ1v) is 13.2. The first-order chi connectivity index (χ1) is 18.0. The van der Waals surface area contributed by atoms with Crippen molar-refractivity contribution in [3.05, 3.63) is 48.3 Å². The molecule has 0 atom stereocenters. The Morgan fingerprint density at radius 3 is 2.54 bits per heavy atom. The number of halogens is 1. The number of piperidine rings is 1. The Labute approximate surface area is 216 Å². The van der Waals surface area contributed by atoms with Crippen LogP contribution in [0.25, 0.3) is 33.5 Å². The van der Waals surface area contributed by atoms with E-state index in [1.165, 1.54) is 0 Å². The van der Waals surface area contributed by atoms with Gasteiger partial charge in [-0.3, -0.25) is 4.68 Å². The van der Waals surface area contributed by atoms with Crippen LogP contribution in [0, 0.1) is 12.7 Å². The summed E-state index contributed by atoms with van der Waals surface area (Å²) >= 11 is 0. The summed E-state index contributed by atoms with van der Waals surface area (Å²) < 4.78 is 24.9. The van der Waals surface area contributed by atoms with Crippen molar-refractivity contribution in [2.24, 2.45) is 7.05 Å². The lowest BCUT2D eigenvalue weighted by Crippen LogP contribution is -2.37. The lowest BCUT2D eigenvalue weighted by molar-refractivity contribution is 0.122. The summed E-state index contributed by atoms with van der Waals surface area (Å²) in [5.41, 5.74) is 6.55. The van der Waals surface area contributed by atoms with Gasteiger partial charge in [-0.05, 0) is 44.0 Å². The number of morpholine rings is 1. The van der Waals surface area contributed by atoms with Crippen molar-refractivity contribution >= 4 is 16.9 Å². The van der Waals surface area contributed by atoms with Crippen LogP contribution in [0.3, 0.4) is 0 Å². The van der Waals surface area contributed by atoms with E-state index in [1.54, 1.807) is 12.3 Å². The SMILES string of the molecule is CCN1CCC(n2cc(-c3cn(C)c4ncc(-c5cc(C)c(N6CCOCC6)c(F)c5)nc34)cn2)CC1. The van der Waals surface area contributed by atoms with Gasteiger partial charge in [-0.1, -0.05) is 6.92 Å². The maximum atomic E-state index is 15.3. The third-order valence-corrected chi connectivity index (χ3v) is 7.83. The Kier molecular flexibility index (Phi) is 6.42. The van der Waals surface area contributed by atoms with Crippen LogP contribution >= 0.6 is 0 Å². The van der Waals surface area contributed by atoms with Gasteiger partial charge in [0.05, 0.1) is 43.0 Å². The molecule has 0 radical (unpaired) electrons. The molecule has 2 fully saturated rings. The molecule has 4 aromatic rings. The van der Waals surface area contributed by atoms with E-state index in [9.17, 15) is 0 Å². The fraction of sp³-hybridized carbons (Fsp3) is 0.464. The van der Waals surface area contributed by atoms with E-state index in [-0.39, 0.29) is 5.82 Å². The summed E-state index contributed by atoms with van der Waals surface area (Å²) in [6.07, 6.45) is 10.1. The Bertz CT molecular complexity index is 1390. The molecule has 2 aliphatic heterocycles. The predicted molar refractivity (Wildman–Crippen MR) is 143 cm³/mol. The maximum Gasteiger partial charge on any atom is 0.159 e. The first kappa shape index (κ1) is 24.1. The van der Waals surface area contributed by atoms with Gasteiger partial charge < -0.3 is 19.1 Å². The van der Waals surface area contributed by atoms with Crippen LogP contribution in [-0.4, -0.2) is 75.2 Å². The second-order valence-corrected chi connectivity index (χ2v) is 10.2. The molecule has 0 amide bonds. The average molecular weight is 504 g/mol. The number of fused-ring (bicyclic) bond motifs is 1. The van der Waals surface area contributed by atoms with E-state index >= 15 is 4.39 Å². The summed E-state index contributed by atoms with van der Waals surface area (Å²) in [5.74, 6) is -0.234. The largest absolute Gasteiger partial charge is 0.378 e. The number of likely N-dealkylation sites (tertiary alicyclic amines) is 1. The number of nitrogens with zero attached hydrogens (tertiary/aromatic N) is 7. The highest BCUT2D eigenvalue weighted by Gasteiger charge is 2.22. The minimum atomic E-state index is -0.234. The molecule has 5 heterocycles. The molecular formula is C28H34FN7O. The summed E-state index contributed by atoms with van der Waals surface area (Å²) in [6, 6.07) is 4.01. The number of aryl methyl sites for hydroxylation is 2. The number of aromatic nitrogens is 5. The van der Waals surface area contributed by atoms with Crippen molar-refractivity contribution in [3.8, 4) is 22.4 Å². The fourth-order valence-electron chi connectivity index (χ4n) is 5.74. The Balaban J connectivity index is 1.33. The molecule has 0 unspecified atom stereocenters. The molecule has 8 nitrogen and oxygen atoms in total. The molecule has 0 aliphatic carbocycles. The highest BCUT2D eigenvalue weighted by molar-refractivity contribution is 5.91. The van der Waals surface area contributed by atoms with Gasteiger partial charge in [-0.2, -0.15) is 5.10 Å². The van der Waals surface area contributed by atoms with Crippen molar-refractivity contribution in [1.82, 2.24) is 29.2 Å². The maximum absolute atomic E-state index is 15.3. The van der Waals surface area contributed by atoms with Gasteiger partial charge in [-0.25, -0.2) is 14.4 Å². The monoisotopic (exact) mass is 503 g/mol. The molecule has 3 aromatic heterocycles. The highest BCUT2D eigenvalue weighted by atomic mass is 19.1. The molecule has 9 heteroatoms. The van der Waals surface area contributed by atoms with E-state index in [0.29, 0.717) is 43.7 Å². The van der Waals surface area contributed by atoms with E-state index in [1.807, 2.05) is 30.8 Å². The molecule has 0 spiro atoms. The van der Waals surface area contributed by atoms with Crippen LogP contribution in [0.4, 0.5) is 10.1 Å². The van der Waals surface area contributed by atoms with E-state index in [2.05, 4.69) is 33.8 Å². The van der Waals surface area contributed by atoms with Crippen molar-refractivity contribution < 1.29 is 9.13 Å². The predicted octanol–water partition coefficient (Wildman–Crippen LogP) is 4.44. The van der Waals surface area contributed by atoms with Crippen molar-refractivity contribution in [3.63, 3.8) is 0 Å². The van der Waals surface area contributed by atoms with Gasteiger partial charge in [-0.15, -0.1) is 0 Å². The molecule has 2 saturated heterocycles. The van der Waals surface area contributed by atoms with Crippen LogP contribution in [-0.2, 0) is 11.8 Å². The smallest absolute Gasteiger partial charge is 0.159 e. The molecule has 0 N–H and O–H groups in total. The lowest BCUT2D eigenvalue weighted by atomic mass is 10.0. The van der Waals surface area contributed by atoms with Gasteiger partial charge in [0, 0.05) is 62.3 Å². The number of rotatable bonds is 5. The van der Waals surface area contributed by atoms with Crippen LogP contribution in [0.5, 0.6) is 0 Å². The van der Waals surface area contributed by atoms with Gasteiger partial charge in [0.15, 0.2) is 5.65 Å². The second kappa shape index (κ2) is 9.87. The fourth-order valence-corrected chi connectivity index (χ4v) is 5.74. The van der Waals surface area contributed by atoms with Crippen molar-refractivity contribution in [1.29, 1.82) is 0 Å². The highest BCUT2D eigenvalue weighted by Crippen LogP contribution is 2.34. The Hall–Kier alpha value is -3.30. The Morgan fingerprint density at radius 1 is 1.03 bits per heavy atom. The number of hydrogen-bond donors (Lipinski definition) is 0. The molecule has 37 heavy (non-hydrogen) atoms. The first-order valence-electron chi connectivity index (χ1n) is 13.2. The summed E-state index contributed by atoms with van der Waals surface area (Å²) in [4.78, 5) is 14.2. The van der Waals surface area contributed by atoms with Gasteiger partial charge in [0.25, 0.3) is 0 Å². The minimum absolute atomic E-state index is 0.234. The topological polar surface area (TPSA) is 64.2 Å². The molecule has 194 valence electrons. The molecule has 0 saturated carbocycles. The zero-order chi connectivity index (χ0) is 25.5. The minimum Gasteiger partial charge on any atom is -0.378 e. The van der Waals surface area contributed by atoms with E-state index < -0.39 is 0 Å². The van der Waals surface area contributed by atoms with E-state index in [4.69, 9.17) is 19.8 Å². The Morgan fingerprint density at radius 2 is 1.81 bits per heavy atom. The molecular weight excluding hydrogens is 469 g/mol. The third-order valence-electron chi connectivity index (χ3n) is 7.83. The third kappa shape index (κ3) is 4.51. The van der Waals surface area contributed by atoms with Crippen LogP contribution < -0.4 is 4.90 Å².